The average Bonchev–Trinajstić information content (AvgIpc) is 2.99. The number of carbonyl (C=O) groups is 2. The van der Waals surface area contributed by atoms with Crippen molar-refractivity contribution < 1.29 is 14.3 Å². The molecule has 8 heteroatoms. The van der Waals surface area contributed by atoms with Crippen molar-refractivity contribution in [3.8, 4) is 5.75 Å². The molecule has 0 saturated carbocycles. The molecule has 1 aromatic carbocycles. The zero-order valence-electron chi connectivity index (χ0n) is 11.9. The Bertz CT molecular complexity index is 729. The third kappa shape index (κ3) is 2.96. The van der Waals surface area contributed by atoms with Crippen molar-refractivity contribution in [1.82, 2.24) is 14.8 Å². The third-order valence-electron chi connectivity index (χ3n) is 3.19. The summed E-state index contributed by atoms with van der Waals surface area (Å²) in [5.74, 6) is 0.571. The summed E-state index contributed by atoms with van der Waals surface area (Å²) in [6, 6.07) is 5.03. The van der Waals surface area contributed by atoms with E-state index in [4.69, 9.17) is 4.74 Å². The number of fused-ring (bicyclic) bond motifs is 1. The number of aromatic nitrogens is 3. The molecule has 7 nitrogen and oxygen atoms in total. The molecular formula is C14H14N4O3S. The van der Waals surface area contributed by atoms with E-state index in [0.29, 0.717) is 22.2 Å². The van der Waals surface area contributed by atoms with Crippen molar-refractivity contribution in [3.05, 3.63) is 30.1 Å². The molecule has 0 saturated heterocycles. The van der Waals surface area contributed by atoms with Gasteiger partial charge in [-0.15, -0.1) is 10.2 Å². The van der Waals surface area contributed by atoms with Gasteiger partial charge in [0.05, 0.1) is 11.4 Å². The predicted octanol–water partition coefficient (Wildman–Crippen LogP) is 1.60. The predicted molar refractivity (Wildman–Crippen MR) is 81.3 cm³/mol. The molecule has 0 bridgehead atoms. The van der Waals surface area contributed by atoms with Crippen molar-refractivity contribution in [1.29, 1.82) is 0 Å². The lowest BCUT2D eigenvalue weighted by Gasteiger charge is -2.18. The summed E-state index contributed by atoms with van der Waals surface area (Å²) >= 11 is 1.34. The fourth-order valence-electron chi connectivity index (χ4n) is 2.04. The van der Waals surface area contributed by atoms with E-state index >= 15 is 0 Å². The Hall–Kier alpha value is -2.35. The quantitative estimate of drug-likeness (QED) is 0.666. The highest BCUT2D eigenvalue weighted by Crippen LogP contribution is 2.29. The van der Waals surface area contributed by atoms with Crippen LogP contribution in [0, 0.1) is 0 Å². The van der Waals surface area contributed by atoms with Crippen LogP contribution in [0.2, 0.25) is 0 Å². The van der Waals surface area contributed by atoms with Crippen LogP contribution in [0.3, 0.4) is 0 Å². The monoisotopic (exact) mass is 318 g/mol. The number of ether oxygens (including phenoxy) is 1. The lowest BCUT2D eigenvalue weighted by Crippen LogP contribution is -2.25. The van der Waals surface area contributed by atoms with Crippen LogP contribution in [-0.4, -0.2) is 38.8 Å². The van der Waals surface area contributed by atoms with Crippen molar-refractivity contribution >= 4 is 29.1 Å². The Labute approximate surface area is 131 Å². The molecule has 22 heavy (non-hydrogen) atoms. The maximum absolute atomic E-state index is 12.3. The number of hydrogen-bond acceptors (Lipinski definition) is 6. The maximum atomic E-state index is 12.3. The maximum Gasteiger partial charge on any atom is 0.262 e. The largest absolute Gasteiger partial charge is 0.482 e. The van der Waals surface area contributed by atoms with Crippen molar-refractivity contribution in [2.75, 3.05) is 17.7 Å². The number of carbonyl (C=O) groups excluding carboxylic acids is 2. The van der Waals surface area contributed by atoms with E-state index in [-0.39, 0.29) is 24.1 Å². The fraction of sp³-hybridized carbons (Fsp3) is 0.286. The zero-order chi connectivity index (χ0) is 15.5. The smallest absolute Gasteiger partial charge is 0.262 e. The Balaban J connectivity index is 1.70. The molecule has 2 heterocycles. The van der Waals surface area contributed by atoms with Gasteiger partial charge in [-0.1, -0.05) is 11.8 Å². The molecule has 1 N–H and O–H groups in total. The van der Waals surface area contributed by atoms with Crippen LogP contribution in [0.25, 0.3) is 0 Å². The number of rotatable bonds is 5. The average molecular weight is 318 g/mol. The molecule has 0 unspecified atom stereocenters. The van der Waals surface area contributed by atoms with E-state index in [2.05, 4.69) is 15.5 Å². The summed E-state index contributed by atoms with van der Waals surface area (Å²) in [6.07, 6.45) is 1.64. The van der Waals surface area contributed by atoms with Crippen molar-refractivity contribution in [3.63, 3.8) is 0 Å². The number of nitrogens with zero attached hydrogens (tertiary/aromatic N) is 3. The van der Waals surface area contributed by atoms with Crippen LogP contribution < -0.4 is 10.1 Å². The van der Waals surface area contributed by atoms with Gasteiger partial charge in [-0.3, -0.25) is 9.59 Å². The van der Waals surface area contributed by atoms with Gasteiger partial charge < -0.3 is 14.6 Å². The molecule has 0 fully saturated rings. The van der Waals surface area contributed by atoms with Gasteiger partial charge in [-0.2, -0.15) is 0 Å². The molecule has 0 radical (unpaired) electrons. The second-order valence-electron chi connectivity index (χ2n) is 4.66. The first kappa shape index (κ1) is 14.6. The molecular weight excluding hydrogens is 304 g/mol. The summed E-state index contributed by atoms with van der Waals surface area (Å²) in [4.78, 5) is 23.6. The zero-order valence-corrected chi connectivity index (χ0v) is 12.7. The van der Waals surface area contributed by atoms with E-state index < -0.39 is 0 Å². The number of ketones is 1. The van der Waals surface area contributed by atoms with Gasteiger partial charge in [0, 0.05) is 12.1 Å². The molecule has 0 atom stereocenters. The second-order valence-corrected chi connectivity index (χ2v) is 5.60. The second kappa shape index (κ2) is 6.18. The highest BCUT2D eigenvalue weighted by atomic mass is 32.2. The lowest BCUT2D eigenvalue weighted by molar-refractivity contribution is -0.118. The van der Waals surface area contributed by atoms with E-state index in [1.165, 1.54) is 11.8 Å². The standard InChI is InChI=1S/C14H14N4O3S/c1-2-18-8-15-17-14(18)22-7-11(19)9-3-4-12-10(5-9)16-13(20)6-21-12/h3-5,8H,2,6-7H2,1H3,(H,16,20). The van der Waals surface area contributed by atoms with Gasteiger partial charge >= 0.3 is 0 Å². The molecule has 114 valence electrons. The number of amides is 1. The molecule has 1 aliphatic rings. The number of anilines is 1. The van der Waals surface area contributed by atoms with Crippen LogP contribution in [0.4, 0.5) is 5.69 Å². The number of aryl methyl sites for hydroxylation is 1. The molecule has 0 aliphatic carbocycles. The summed E-state index contributed by atoms with van der Waals surface area (Å²) < 4.78 is 7.14. The summed E-state index contributed by atoms with van der Waals surface area (Å²) in [6.45, 7) is 2.75. The van der Waals surface area contributed by atoms with E-state index in [0.717, 1.165) is 6.54 Å². The Morgan fingerprint density at radius 2 is 2.36 bits per heavy atom. The normalized spacial score (nSPS) is 13.2. The number of nitrogens with one attached hydrogen (secondary N) is 1. The van der Waals surface area contributed by atoms with Crippen LogP contribution in [0.15, 0.2) is 29.7 Å². The van der Waals surface area contributed by atoms with Gasteiger partial charge in [0.25, 0.3) is 5.91 Å². The van der Waals surface area contributed by atoms with Crippen LogP contribution in [0.1, 0.15) is 17.3 Å². The van der Waals surface area contributed by atoms with E-state index in [9.17, 15) is 9.59 Å². The lowest BCUT2D eigenvalue weighted by atomic mass is 10.1. The number of hydrogen-bond donors (Lipinski definition) is 1. The Kier molecular flexibility index (Phi) is 4.10. The number of Topliss-reactive ketones (excluding diaryl/α,β-unsaturated/α-hetero) is 1. The highest BCUT2D eigenvalue weighted by Gasteiger charge is 2.18. The first-order chi connectivity index (χ1) is 10.7. The van der Waals surface area contributed by atoms with Gasteiger partial charge in [0.15, 0.2) is 17.5 Å². The number of thioether (sulfide) groups is 1. The Morgan fingerprint density at radius 1 is 1.50 bits per heavy atom. The molecule has 3 rings (SSSR count). The van der Waals surface area contributed by atoms with Gasteiger partial charge in [0.1, 0.15) is 12.1 Å². The Morgan fingerprint density at radius 3 is 3.18 bits per heavy atom. The first-order valence-corrected chi connectivity index (χ1v) is 7.76. The van der Waals surface area contributed by atoms with Crippen LogP contribution >= 0.6 is 11.8 Å². The third-order valence-corrected chi connectivity index (χ3v) is 4.17. The first-order valence-electron chi connectivity index (χ1n) is 6.78. The summed E-state index contributed by atoms with van der Waals surface area (Å²) in [5.41, 5.74) is 1.06. The number of benzene rings is 1. The minimum absolute atomic E-state index is 0.00280. The van der Waals surface area contributed by atoms with E-state index in [1.54, 1.807) is 24.5 Å². The minimum Gasteiger partial charge on any atom is -0.482 e. The van der Waals surface area contributed by atoms with Crippen LogP contribution in [-0.2, 0) is 11.3 Å². The minimum atomic E-state index is -0.220. The van der Waals surface area contributed by atoms with Gasteiger partial charge in [-0.25, -0.2) is 0 Å². The van der Waals surface area contributed by atoms with Gasteiger partial charge in [0.2, 0.25) is 0 Å². The molecule has 1 amide bonds. The topological polar surface area (TPSA) is 86.1 Å². The van der Waals surface area contributed by atoms with Crippen LogP contribution in [0.5, 0.6) is 5.75 Å². The summed E-state index contributed by atoms with van der Waals surface area (Å²) in [7, 11) is 0. The molecule has 0 spiro atoms. The van der Waals surface area contributed by atoms with E-state index in [1.807, 2.05) is 11.5 Å². The SMILES string of the molecule is CCn1cnnc1SCC(=O)c1ccc2c(c1)NC(=O)CO2. The highest BCUT2D eigenvalue weighted by molar-refractivity contribution is 7.99. The van der Waals surface area contributed by atoms with Crippen molar-refractivity contribution in [2.24, 2.45) is 0 Å². The molecule has 2 aromatic rings. The summed E-state index contributed by atoms with van der Waals surface area (Å²) in [5, 5.41) is 11.2. The fourth-order valence-corrected chi connectivity index (χ4v) is 2.92. The van der Waals surface area contributed by atoms with Crippen molar-refractivity contribution in [2.45, 2.75) is 18.6 Å². The molecule has 1 aliphatic heterocycles. The molecule has 1 aromatic heterocycles. The van der Waals surface area contributed by atoms with Gasteiger partial charge in [-0.05, 0) is 25.1 Å².